The van der Waals surface area contributed by atoms with Crippen molar-refractivity contribution < 1.29 is 15.3 Å². The number of aromatic hydroxyl groups is 1. The van der Waals surface area contributed by atoms with Crippen molar-refractivity contribution in [2.75, 3.05) is 0 Å². The highest BCUT2D eigenvalue weighted by molar-refractivity contribution is 5.94. The zero-order chi connectivity index (χ0) is 20.8. The molecule has 0 aliphatic rings. The fraction of sp³-hybridized carbons (Fsp3) is 0.231. The lowest BCUT2D eigenvalue weighted by Gasteiger charge is -2.25. The van der Waals surface area contributed by atoms with E-state index >= 15 is 0 Å². The summed E-state index contributed by atoms with van der Waals surface area (Å²) >= 11 is 0. The molecular formula is C26H28O3. The molecule has 3 aromatic rings. The third-order valence-electron chi connectivity index (χ3n) is 5.39. The molecule has 3 heteroatoms. The molecule has 0 bridgehead atoms. The molecule has 3 aromatic carbocycles. The smallest absolute Gasteiger partial charge is 0.123 e. The number of rotatable bonds is 8. The van der Waals surface area contributed by atoms with Crippen molar-refractivity contribution in [3.63, 3.8) is 0 Å². The molecule has 0 saturated heterocycles. The number of benzene rings is 3. The number of fused-ring (bicyclic) bond motifs is 1. The van der Waals surface area contributed by atoms with Crippen LogP contribution in [0, 0.1) is 5.92 Å². The Bertz CT molecular complexity index is 991. The Hall–Kier alpha value is -2.88. The number of hydrogen-bond donors (Lipinski definition) is 3. The Morgan fingerprint density at radius 3 is 2.28 bits per heavy atom. The number of phenolic OH excluding ortho intramolecular Hbond substituents is 1. The summed E-state index contributed by atoms with van der Waals surface area (Å²) in [5, 5.41) is 33.2. The van der Waals surface area contributed by atoms with Crippen LogP contribution in [0.4, 0.5) is 0 Å². The van der Waals surface area contributed by atoms with Crippen molar-refractivity contribution in [1.29, 1.82) is 0 Å². The third-order valence-corrected chi connectivity index (χ3v) is 5.39. The van der Waals surface area contributed by atoms with Gasteiger partial charge in [-0.25, -0.2) is 0 Å². The van der Waals surface area contributed by atoms with Gasteiger partial charge in [-0.1, -0.05) is 78.4 Å². The Kier molecular flexibility index (Phi) is 6.86. The molecule has 29 heavy (non-hydrogen) atoms. The standard InChI is InChI=1S/C26H28O3/c1-3-21(26(29)19-9-5-4-6-10-19)24(27)15-13-18(2)17-20-14-16-25(28)23-12-8-7-11-22(20)23/h3-12,14,16-17,21,24,26-29H,1,13,15H2,2H3/b18-17+/t21-,24-,26-/m1/s1. The lowest BCUT2D eigenvalue weighted by molar-refractivity contribution is 0.0319. The second-order valence-corrected chi connectivity index (χ2v) is 7.48. The molecule has 0 heterocycles. The summed E-state index contributed by atoms with van der Waals surface area (Å²) in [5.41, 5.74) is 2.94. The Morgan fingerprint density at radius 1 is 0.931 bits per heavy atom. The number of aliphatic hydroxyl groups excluding tert-OH is 2. The Labute approximate surface area is 172 Å². The Morgan fingerprint density at radius 2 is 1.59 bits per heavy atom. The van der Waals surface area contributed by atoms with E-state index in [9.17, 15) is 15.3 Å². The van der Waals surface area contributed by atoms with Gasteiger partial charge in [0.25, 0.3) is 0 Å². The van der Waals surface area contributed by atoms with E-state index in [0.717, 1.165) is 27.5 Å². The van der Waals surface area contributed by atoms with Gasteiger partial charge in [-0.15, -0.1) is 6.58 Å². The Balaban J connectivity index is 1.70. The van der Waals surface area contributed by atoms with Gasteiger partial charge in [0, 0.05) is 11.3 Å². The summed E-state index contributed by atoms with van der Waals surface area (Å²) in [6.45, 7) is 5.84. The molecule has 3 N–H and O–H groups in total. The molecule has 0 saturated carbocycles. The maximum Gasteiger partial charge on any atom is 0.123 e. The zero-order valence-corrected chi connectivity index (χ0v) is 16.7. The van der Waals surface area contributed by atoms with Gasteiger partial charge in [-0.05, 0) is 42.3 Å². The molecule has 3 rings (SSSR count). The van der Waals surface area contributed by atoms with Gasteiger partial charge in [0.1, 0.15) is 5.75 Å². The highest BCUT2D eigenvalue weighted by Crippen LogP contribution is 2.31. The molecule has 0 aromatic heterocycles. The molecule has 3 nitrogen and oxygen atoms in total. The van der Waals surface area contributed by atoms with Crippen LogP contribution in [0.2, 0.25) is 0 Å². The maximum absolute atomic E-state index is 10.7. The number of aliphatic hydroxyl groups is 2. The van der Waals surface area contributed by atoms with Crippen LogP contribution in [0.3, 0.4) is 0 Å². The van der Waals surface area contributed by atoms with Crippen molar-refractivity contribution in [3.05, 3.63) is 96.1 Å². The van der Waals surface area contributed by atoms with Crippen molar-refractivity contribution in [1.82, 2.24) is 0 Å². The van der Waals surface area contributed by atoms with Crippen LogP contribution < -0.4 is 0 Å². The minimum absolute atomic E-state index is 0.273. The number of allylic oxidation sites excluding steroid dienone is 1. The molecule has 0 aliphatic carbocycles. The van der Waals surface area contributed by atoms with Gasteiger partial charge >= 0.3 is 0 Å². The van der Waals surface area contributed by atoms with E-state index in [4.69, 9.17) is 0 Å². The average Bonchev–Trinajstić information content (AvgIpc) is 2.75. The number of phenols is 1. The molecule has 3 atom stereocenters. The van der Waals surface area contributed by atoms with E-state index < -0.39 is 18.1 Å². The highest BCUT2D eigenvalue weighted by Gasteiger charge is 2.25. The summed E-state index contributed by atoms with van der Waals surface area (Å²) in [6, 6.07) is 20.7. The molecule has 0 amide bonds. The molecule has 0 spiro atoms. The summed E-state index contributed by atoms with van der Waals surface area (Å²) in [4.78, 5) is 0. The van der Waals surface area contributed by atoms with Crippen molar-refractivity contribution in [3.8, 4) is 5.75 Å². The number of hydrogen-bond acceptors (Lipinski definition) is 3. The van der Waals surface area contributed by atoms with Crippen molar-refractivity contribution >= 4 is 16.8 Å². The quantitative estimate of drug-likeness (QED) is 0.439. The third kappa shape index (κ3) is 4.94. The fourth-order valence-electron chi connectivity index (χ4n) is 3.71. The van der Waals surface area contributed by atoms with E-state index in [2.05, 4.69) is 12.7 Å². The van der Waals surface area contributed by atoms with E-state index in [1.165, 1.54) is 0 Å². The lowest BCUT2D eigenvalue weighted by Crippen LogP contribution is -2.25. The largest absolute Gasteiger partial charge is 0.507 e. The summed E-state index contributed by atoms with van der Waals surface area (Å²) in [7, 11) is 0. The molecule has 0 radical (unpaired) electrons. The van der Waals surface area contributed by atoms with Crippen LogP contribution in [-0.4, -0.2) is 21.4 Å². The first-order valence-corrected chi connectivity index (χ1v) is 9.92. The monoisotopic (exact) mass is 388 g/mol. The minimum Gasteiger partial charge on any atom is -0.507 e. The average molecular weight is 389 g/mol. The summed E-state index contributed by atoms with van der Waals surface area (Å²) in [6.07, 6.45) is 3.47. The lowest BCUT2D eigenvalue weighted by atomic mass is 9.88. The topological polar surface area (TPSA) is 60.7 Å². The van der Waals surface area contributed by atoms with E-state index in [1.54, 1.807) is 12.1 Å². The first-order valence-electron chi connectivity index (χ1n) is 9.92. The second-order valence-electron chi connectivity index (χ2n) is 7.48. The second kappa shape index (κ2) is 9.55. The van der Waals surface area contributed by atoms with E-state index in [-0.39, 0.29) is 5.75 Å². The van der Waals surface area contributed by atoms with Gasteiger partial charge in [-0.2, -0.15) is 0 Å². The zero-order valence-electron chi connectivity index (χ0n) is 16.7. The predicted molar refractivity (Wildman–Crippen MR) is 120 cm³/mol. The minimum atomic E-state index is -0.783. The van der Waals surface area contributed by atoms with Crippen molar-refractivity contribution in [2.24, 2.45) is 5.92 Å². The van der Waals surface area contributed by atoms with Crippen LogP contribution in [0.5, 0.6) is 5.75 Å². The van der Waals surface area contributed by atoms with Gasteiger partial charge in [0.2, 0.25) is 0 Å². The van der Waals surface area contributed by atoms with E-state index in [0.29, 0.717) is 12.8 Å². The highest BCUT2D eigenvalue weighted by atomic mass is 16.3. The normalized spacial score (nSPS) is 15.1. The van der Waals surface area contributed by atoms with Crippen LogP contribution in [0.1, 0.15) is 37.0 Å². The molecule has 0 fully saturated rings. The summed E-state index contributed by atoms with van der Waals surface area (Å²) in [5.74, 6) is -0.158. The van der Waals surface area contributed by atoms with Crippen LogP contribution in [0.25, 0.3) is 16.8 Å². The van der Waals surface area contributed by atoms with Gasteiger partial charge in [0.15, 0.2) is 0 Å². The molecular weight excluding hydrogens is 360 g/mol. The van der Waals surface area contributed by atoms with Gasteiger partial charge < -0.3 is 15.3 Å². The van der Waals surface area contributed by atoms with Gasteiger partial charge in [-0.3, -0.25) is 0 Å². The molecule has 150 valence electrons. The van der Waals surface area contributed by atoms with Crippen LogP contribution in [-0.2, 0) is 0 Å². The van der Waals surface area contributed by atoms with Crippen LogP contribution in [0.15, 0.2) is 85.0 Å². The maximum atomic E-state index is 10.7. The van der Waals surface area contributed by atoms with Gasteiger partial charge in [0.05, 0.1) is 12.2 Å². The SMILES string of the molecule is C=C[C@H]([C@H](O)CC/C(C)=C/c1ccc(O)c2ccccc12)[C@H](O)c1ccccc1. The predicted octanol–water partition coefficient (Wildman–Crippen LogP) is 5.63. The first-order chi connectivity index (χ1) is 14.0. The molecule has 0 unspecified atom stereocenters. The van der Waals surface area contributed by atoms with Crippen LogP contribution >= 0.6 is 0 Å². The molecule has 0 aliphatic heterocycles. The van der Waals surface area contributed by atoms with E-state index in [1.807, 2.05) is 67.6 Å². The first kappa shape index (κ1) is 20.8. The summed E-state index contributed by atoms with van der Waals surface area (Å²) < 4.78 is 0. The fourth-order valence-corrected chi connectivity index (χ4v) is 3.71. The van der Waals surface area contributed by atoms with Crippen molar-refractivity contribution in [2.45, 2.75) is 32.0 Å².